The molecule has 4 aromatic rings. The topological polar surface area (TPSA) is 174 Å². The van der Waals surface area contributed by atoms with Crippen LogP contribution < -0.4 is 26.0 Å². The highest BCUT2D eigenvalue weighted by Crippen LogP contribution is 2.42. The maximum atomic E-state index is 14.7. The van der Waals surface area contributed by atoms with E-state index < -0.39 is 28.4 Å². The molecule has 4 heterocycles. The zero-order valence-corrected chi connectivity index (χ0v) is 42.9. The molecule has 3 amide bonds. The van der Waals surface area contributed by atoms with E-state index in [-0.39, 0.29) is 24.7 Å². The molecule has 2 saturated heterocycles. The van der Waals surface area contributed by atoms with Gasteiger partial charge < -0.3 is 40.6 Å². The van der Waals surface area contributed by atoms with Gasteiger partial charge in [0.25, 0.3) is 11.8 Å². The van der Waals surface area contributed by atoms with E-state index in [0.29, 0.717) is 71.7 Å². The third-order valence-corrected chi connectivity index (χ3v) is 16.5. The van der Waals surface area contributed by atoms with Gasteiger partial charge in [0, 0.05) is 63.2 Å². The van der Waals surface area contributed by atoms with E-state index in [9.17, 15) is 23.6 Å². The van der Waals surface area contributed by atoms with E-state index >= 15 is 0 Å². The van der Waals surface area contributed by atoms with Gasteiger partial charge in [-0.2, -0.15) is 16.7 Å². The Labute approximate surface area is 418 Å². The van der Waals surface area contributed by atoms with Crippen molar-refractivity contribution >= 4 is 76.2 Å². The molecule has 372 valence electrons. The Morgan fingerprint density at radius 3 is 2.42 bits per heavy atom. The lowest BCUT2D eigenvalue weighted by atomic mass is 10.0. The fourth-order valence-corrected chi connectivity index (χ4v) is 11.6. The van der Waals surface area contributed by atoms with Crippen LogP contribution in [-0.4, -0.2) is 142 Å². The van der Waals surface area contributed by atoms with Crippen molar-refractivity contribution in [1.82, 2.24) is 40.3 Å². The van der Waals surface area contributed by atoms with E-state index in [2.05, 4.69) is 65.4 Å². The number of carbonyl (C=O) groups excluding carboxylic acids is 4. The van der Waals surface area contributed by atoms with Gasteiger partial charge in [0.2, 0.25) is 11.9 Å². The molecule has 2 saturated carbocycles. The van der Waals surface area contributed by atoms with E-state index in [1.54, 1.807) is 60.4 Å². The van der Waals surface area contributed by atoms with Gasteiger partial charge in [0.05, 0.1) is 41.1 Å². The molecule has 4 N–H and O–H groups in total. The summed E-state index contributed by atoms with van der Waals surface area (Å²) in [7, 11) is 5.24. The van der Waals surface area contributed by atoms with Gasteiger partial charge >= 0.3 is 0 Å². The Kier molecular flexibility index (Phi) is 17.6. The number of ether oxygens (including phenoxy) is 1. The SMILES string of the molecule is CNCc1ccc(-c2scnc2C)cc1.CNc1nc(Nc2ccc(C(=O)N3CCN(CC4CCC(CSC(C)(C)C(NC(=O)C5(F)CC5)C(=O)N5CCCC5C=O)C4)CC3)cc2OC)ncc1Cl. The number of aldehydes is 1. The first-order chi connectivity index (χ1) is 33.1. The van der Waals surface area contributed by atoms with Crippen LogP contribution in [0.3, 0.4) is 0 Å². The van der Waals surface area contributed by atoms with Gasteiger partial charge in [-0.05, 0) is 120 Å². The summed E-state index contributed by atoms with van der Waals surface area (Å²) in [5.41, 5.74) is 4.85. The molecule has 8 rings (SSSR count). The smallest absolute Gasteiger partial charge is 0.258 e. The van der Waals surface area contributed by atoms with Crippen molar-refractivity contribution in [3.63, 3.8) is 0 Å². The molecule has 0 spiro atoms. The molecule has 69 heavy (non-hydrogen) atoms. The summed E-state index contributed by atoms with van der Waals surface area (Å²) in [6.45, 7) is 11.1. The molecular weight excluding hydrogens is 939 g/mol. The van der Waals surface area contributed by atoms with Crippen molar-refractivity contribution in [1.29, 1.82) is 0 Å². The molecule has 4 aliphatic rings. The van der Waals surface area contributed by atoms with Crippen LogP contribution in [0.2, 0.25) is 5.02 Å². The molecule has 2 aromatic carbocycles. The van der Waals surface area contributed by atoms with Crippen LogP contribution in [0.4, 0.5) is 21.8 Å². The molecule has 4 fully saturated rings. The number of aromatic nitrogens is 3. The van der Waals surface area contributed by atoms with Crippen molar-refractivity contribution in [3.05, 3.63) is 76.0 Å². The third kappa shape index (κ3) is 13.1. The Hall–Kier alpha value is -4.88. The summed E-state index contributed by atoms with van der Waals surface area (Å²) in [4.78, 5) is 71.8. The number of piperazine rings is 1. The predicted molar refractivity (Wildman–Crippen MR) is 273 cm³/mol. The van der Waals surface area contributed by atoms with E-state index in [0.717, 1.165) is 69.6 Å². The molecule has 19 heteroatoms. The number of rotatable bonds is 18. The summed E-state index contributed by atoms with van der Waals surface area (Å²) < 4.78 is 19.6. The molecule has 2 aliphatic heterocycles. The van der Waals surface area contributed by atoms with E-state index in [1.165, 1.54) is 22.2 Å². The highest BCUT2D eigenvalue weighted by Gasteiger charge is 2.53. The number of thiazole rings is 1. The molecule has 0 bridgehead atoms. The number of benzene rings is 2. The molecule has 4 atom stereocenters. The maximum Gasteiger partial charge on any atom is 0.258 e. The summed E-state index contributed by atoms with van der Waals surface area (Å²) in [6.07, 6.45) is 7.24. The minimum absolute atomic E-state index is 0.0431. The summed E-state index contributed by atoms with van der Waals surface area (Å²) in [6, 6.07) is 12.5. The molecular formula is C50H66ClFN10O5S2. The summed E-state index contributed by atoms with van der Waals surface area (Å²) in [5, 5.41) is 12.4. The number of thioether (sulfide) groups is 1. The van der Waals surface area contributed by atoms with E-state index in [1.807, 2.05) is 38.2 Å². The van der Waals surface area contributed by atoms with Crippen molar-refractivity contribution in [2.75, 3.05) is 76.9 Å². The molecule has 0 radical (unpaired) electrons. The molecule has 2 aromatic heterocycles. The fraction of sp³-hybridized carbons (Fsp3) is 0.540. The summed E-state index contributed by atoms with van der Waals surface area (Å²) >= 11 is 9.46. The first kappa shape index (κ1) is 52.0. The second-order valence-electron chi connectivity index (χ2n) is 19.0. The van der Waals surface area contributed by atoms with Gasteiger partial charge in [0.15, 0.2) is 5.67 Å². The van der Waals surface area contributed by atoms with Crippen LogP contribution in [0.1, 0.15) is 80.4 Å². The second kappa shape index (κ2) is 23.4. The van der Waals surface area contributed by atoms with Crippen LogP contribution in [0.25, 0.3) is 10.4 Å². The first-order valence-corrected chi connectivity index (χ1v) is 26.1. The third-order valence-electron chi connectivity index (χ3n) is 13.6. The standard InChI is InChI=1S/C38H52ClFN8O5S.C12H14N2S/c1-37(2,31(44-35(52)38(40)11-12-38)34(51)48-13-5-6-27(48)22-49)54-23-25-8-7-24(18-25)21-46-14-16-47(17-15-46)33(50)26-9-10-29(30(19-26)53-4)43-36-42-20-28(39)32(41-3)45-36;1-9-12(15-8-14-9)11-5-3-10(4-6-11)7-13-2/h9-10,19-20,22,24-25,27,31H,5-8,11-18,21,23H2,1-4H3,(H,44,52)(H2,41,42,43,45);3-6,8,13H,7H2,1-2H3. The number of aryl methyl sites for hydroxylation is 1. The second-order valence-corrected chi connectivity index (χ2v) is 21.9. The Morgan fingerprint density at radius 2 is 1.77 bits per heavy atom. The van der Waals surface area contributed by atoms with E-state index in [4.69, 9.17) is 16.3 Å². The first-order valence-electron chi connectivity index (χ1n) is 23.9. The van der Waals surface area contributed by atoms with Crippen molar-refractivity contribution in [3.8, 4) is 16.2 Å². The molecule has 15 nitrogen and oxygen atoms in total. The van der Waals surface area contributed by atoms with Crippen molar-refractivity contribution in [2.24, 2.45) is 11.8 Å². The fourth-order valence-electron chi connectivity index (χ4n) is 9.30. The number of hydrogen-bond donors (Lipinski definition) is 4. The van der Waals surface area contributed by atoms with Gasteiger partial charge in [-0.15, -0.1) is 11.3 Å². The van der Waals surface area contributed by atoms with Gasteiger partial charge in [-0.1, -0.05) is 35.9 Å². The van der Waals surface area contributed by atoms with Crippen molar-refractivity contribution < 1.29 is 28.3 Å². The van der Waals surface area contributed by atoms with Crippen LogP contribution in [0.15, 0.2) is 54.2 Å². The number of halogens is 2. The number of likely N-dealkylation sites (tertiary alicyclic amines) is 1. The van der Waals surface area contributed by atoms with Gasteiger partial charge in [-0.3, -0.25) is 19.3 Å². The lowest BCUT2D eigenvalue weighted by molar-refractivity contribution is -0.140. The van der Waals surface area contributed by atoms with Gasteiger partial charge in [-0.25, -0.2) is 14.4 Å². The van der Waals surface area contributed by atoms with Crippen LogP contribution in [0, 0.1) is 18.8 Å². The lowest BCUT2D eigenvalue weighted by Crippen LogP contribution is -2.59. The van der Waals surface area contributed by atoms with Gasteiger partial charge in [0.1, 0.15) is 28.9 Å². The zero-order valence-electron chi connectivity index (χ0n) is 40.5. The number of nitrogens with zero attached hydrogens (tertiary/aromatic N) is 6. The molecule has 4 unspecified atom stereocenters. The Morgan fingerprint density at radius 1 is 1.03 bits per heavy atom. The minimum atomic E-state index is -1.89. The average molecular weight is 1010 g/mol. The highest BCUT2D eigenvalue weighted by atomic mass is 35.5. The largest absolute Gasteiger partial charge is 0.495 e. The number of nitrogens with one attached hydrogen (secondary N) is 4. The number of hydrogen-bond acceptors (Lipinski definition) is 14. The van der Waals surface area contributed by atoms with Crippen LogP contribution in [0.5, 0.6) is 5.75 Å². The summed E-state index contributed by atoms with van der Waals surface area (Å²) in [5.74, 6) is 2.08. The highest BCUT2D eigenvalue weighted by molar-refractivity contribution is 8.00. The maximum absolute atomic E-state index is 14.7. The quantitative estimate of drug-likeness (QED) is 0.0718. The molecule has 2 aliphatic carbocycles. The Balaban J connectivity index is 0.000000397. The number of carbonyl (C=O) groups is 4. The zero-order chi connectivity index (χ0) is 49.3. The predicted octanol–water partition coefficient (Wildman–Crippen LogP) is 7.62. The number of anilines is 3. The number of alkyl halides is 1. The average Bonchev–Trinajstić information content (AvgIpc) is 3.68. The minimum Gasteiger partial charge on any atom is -0.495 e. The number of methoxy groups -OCH3 is 1. The van der Waals surface area contributed by atoms with Crippen molar-refractivity contribution in [2.45, 2.75) is 94.8 Å². The normalized spacial score (nSPS) is 20.4. The lowest BCUT2D eigenvalue weighted by Gasteiger charge is -2.37. The van der Waals surface area contributed by atoms with Crippen LogP contribution >= 0.6 is 34.7 Å². The van der Waals surface area contributed by atoms with Crippen LogP contribution in [-0.2, 0) is 20.9 Å². The number of amides is 3. The monoisotopic (exact) mass is 1000 g/mol. The Bertz CT molecular complexity index is 2410.